The van der Waals surface area contributed by atoms with Crippen LogP contribution in [0.4, 0.5) is 0 Å². The van der Waals surface area contributed by atoms with Crippen LogP contribution in [0.5, 0.6) is 0 Å². The Kier molecular flexibility index (Phi) is 6.00. The summed E-state index contributed by atoms with van der Waals surface area (Å²) in [4.78, 5) is 0. The average molecular weight is 345 g/mol. The van der Waals surface area contributed by atoms with Crippen molar-refractivity contribution in [3.63, 3.8) is 0 Å². The number of allylic oxidation sites excluding steroid dienone is 8. The van der Waals surface area contributed by atoms with Gasteiger partial charge < -0.3 is 0 Å². The maximum atomic E-state index is 4.97. The van der Waals surface area contributed by atoms with Crippen LogP contribution in [0, 0.1) is 5.92 Å². The molecule has 0 bridgehead atoms. The Morgan fingerprint density at radius 3 is 2.00 bits per heavy atom. The molecule has 0 fully saturated rings. The molecule has 1 aromatic carbocycles. The quantitative estimate of drug-likeness (QED) is 0.566. The Morgan fingerprint density at radius 1 is 0.737 bits per heavy atom. The van der Waals surface area contributed by atoms with Gasteiger partial charge in [-0.25, -0.2) is 0 Å². The molecule has 96 valence electrons. The molecular formula is C15H11Cl3Ti. The molecule has 3 rings (SSSR count). The first kappa shape index (κ1) is 15.2. The second-order valence-electron chi connectivity index (χ2n) is 3.95. The van der Waals surface area contributed by atoms with E-state index in [1.165, 1.54) is 22.6 Å². The molecule has 0 aliphatic heterocycles. The van der Waals surface area contributed by atoms with Gasteiger partial charge in [0.1, 0.15) is 0 Å². The van der Waals surface area contributed by atoms with Crippen LogP contribution in [0.1, 0.15) is 5.56 Å². The predicted octanol–water partition coefficient (Wildman–Crippen LogP) is 5.78. The van der Waals surface area contributed by atoms with E-state index < -0.39 is 14.7 Å². The van der Waals surface area contributed by atoms with Crippen LogP contribution < -0.4 is 0 Å². The van der Waals surface area contributed by atoms with Crippen molar-refractivity contribution in [2.24, 2.45) is 0 Å². The molecule has 1 radical (unpaired) electrons. The van der Waals surface area contributed by atoms with Crippen molar-refractivity contribution < 1.29 is 14.7 Å². The maximum absolute atomic E-state index is 4.97. The summed E-state index contributed by atoms with van der Waals surface area (Å²) in [6.45, 7) is 0. The van der Waals surface area contributed by atoms with Gasteiger partial charge in [-0.3, -0.25) is 0 Å². The molecule has 0 nitrogen and oxygen atoms in total. The van der Waals surface area contributed by atoms with Crippen LogP contribution >= 0.6 is 27.9 Å². The van der Waals surface area contributed by atoms with E-state index in [2.05, 4.69) is 60.7 Å². The Bertz CT molecular complexity index is 539. The number of hydrogen-bond donors (Lipinski definition) is 0. The third kappa shape index (κ3) is 4.66. The Labute approximate surface area is 131 Å². The van der Waals surface area contributed by atoms with E-state index >= 15 is 0 Å². The molecule has 4 heteroatoms. The van der Waals surface area contributed by atoms with E-state index in [0.29, 0.717) is 0 Å². The van der Waals surface area contributed by atoms with Crippen molar-refractivity contribution in [2.45, 2.75) is 0 Å². The average Bonchev–Trinajstić information content (AvgIpc) is 2.83. The molecule has 0 heterocycles. The molecular weight excluding hydrogens is 334 g/mol. The second kappa shape index (κ2) is 7.52. The Morgan fingerprint density at radius 2 is 1.37 bits per heavy atom. The first-order valence-corrected chi connectivity index (χ1v) is 12.2. The van der Waals surface area contributed by atoms with E-state index in [0.717, 1.165) is 0 Å². The van der Waals surface area contributed by atoms with Crippen LogP contribution in [-0.4, -0.2) is 0 Å². The van der Waals surface area contributed by atoms with Crippen molar-refractivity contribution in [3.05, 3.63) is 83.8 Å². The van der Waals surface area contributed by atoms with Gasteiger partial charge >= 0.3 is 42.6 Å². The van der Waals surface area contributed by atoms with Crippen molar-refractivity contribution in [3.8, 4) is 0 Å². The van der Waals surface area contributed by atoms with Gasteiger partial charge in [-0.2, -0.15) is 0 Å². The number of fused-ring (bicyclic) bond motifs is 1. The standard InChI is InChI=1S/C15H11.3ClH.Ti/c1-2-6-12(7-3-1)15-10-13-8-4-5-9-14(13)11-15;;;;/h1-11H;3*1H;/q;;;;+3/p-3. The van der Waals surface area contributed by atoms with E-state index in [1.807, 2.05) is 6.07 Å². The monoisotopic (exact) mass is 344 g/mol. The molecule has 2 aliphatic rings. The molecule has 0 amide bonds. The summed E-state index contributed by atoms with van der Waals surface area (Å²) in [5, 5.41) is 0. The number of benzene rings is 1. The zero-order valence-electron chi connectivity index (χ0n) is 9.98. The molecule has 19 heavy (non-hydrogen) atoms. The van der Waals surface area contributed by atoms with Crippen LogP contribution in [0.2, 0.25) is 0 Å². The summed E-state index contributed by atoms with van der Waals surface area (Å²) in [7, 11) is 14.9. The molecule has 0 saturated heterocycles. The van der Waals surface area contributed by atoms with Gasteiger partial charge in [-0.1, -0.05) is 66.8 Å². The Hall–Kier alpha value is -0.236. The van der Waals surface area contributed by atoms with Gasteiger partial charge in [-0.15, -0.1) is 0 Å². The van der Waals surface area contributed by atoms with Crippen LogP contribution in [0.3, 0.4) is 0 Å². The van der Waals surface area contributed by atoms with E-state index in [4.69, 9.17) is 27.9 Å². The fourth-order valence-corrected chi connectivity index (χ4v) is 1.95. The van der Waals surface area contributed by atoms with Crippen molar-refractivity contribution >= 4 is 33.5 Å². The van der Waals surface area contributed by atoms with Gasteiger partial charge in [0.05, 0.1) is 0 Å². The summed E-state index contributed by atoms with van der Waals surface area (Å²) in [5.41, 5.74) is 3.90. The molecule has 0 unspecified atom stereocenters. The van der Waals surface area contributed by atoms with Crippen LogP contribution in [0.25, 0.3) is 5.57 Å². The predicted molar refractivity (Wildman–Crippen MR) is 81.6 cm³/mol. The zero-order valence-corrected chi connectivity index (χ0v) is 13.8. The fraction of sp³-hybridized carbons (Fsp3) is 0. The molecule has 0 saturated carbocycles. The van der Waals surface area contributed by atoms with E-state index in [9.17, 15) is 0 Å². The number of rotatable bonds is 1. The van der Waals surface area contributed by atoms with Crippen LogP contribution in [0.15, 0.2) is 72.4 Å². The third-order valence-electron chi connectivity index (χ3n) is 2.73. The van der Waals surface area contributed by atoms with E-state index in [1.54, 1.807) is 0 Å². The summed E-state index contributed by atoms with van der Waals surface area (Å²) in [6, 6.07) is 10.5. The van der Waals surface area contributed by atoms with Crippen molar-refractivity contribution in [1.29, 1.82) is 0 Å². The SMILES string of the molecule is C1=C[C]2C=C(c3ccccc3)C=C2C=C1.[Cl][Ti]([Cl])[Cl]. The zero-order chi connectivity index (χ0) is 13.7. The molecule has 1 aromatic rings. The summed E-state index contributed by atoms with van der Waals surface area (Å²) < 4.78 is 0. The number of hydrogen-bond acceptors (Lipinski definition) is 0. The number of halogens is 3. The molecule has 0 spiro atoms. The summed E-state index contributed by atoms with van der Waals surface area (Å²) in [5.74, 6) is 1.32. The van der Waals surface area contributed by atoms with Crippen LogP contribution in [-0.2, 0) is 14.7 Å². The first-order chi connectivity index (χ1) is 9.16. The van der Waals surface area contributed by atoms with Crippen molar-refractivity contribution in [1.82, 2.24) is 0 Å². The summed E-state index contributed by atoms with van der Waals surface area (Å²) >= 11 is -1.92. The van der Waals surface area contributed by atoms with E-state index in [-0.39, 0.29) is 0 Å². The van der Waals surface area contributed by atoms with Gasteiger partial charge in [-0.05, 0) is 16.7 Å². The fourth-order valence-electron chi connectivity index (χ4n) is 1.95. The normalized spacial score (nSPS) is 16.2. The summed E-state index contributed by atoms with van der Waals surface area (Å²) in [6.07, 6.45) is 13.0. The Balaban J connectivity index is 0.000000297. The first-order valence-electron chi connectivity index (χ1n) is 5.71. The second-order valence-corrected chi connectivity index (χ2v) is 11.7. The van der Waals surface area contributed by atoms with Gasteiger partial charge in [0, 0.05) is 5.92 Å². The molecule has 0 aromatic heterocycles. The molecule has 2 aliphatic carbocycles. The molecule has 0 N–H and O–H groups in total. The van der Waals surface area contributed by atoms with Crippen molar-refractivity contribution in [2.75, 3.05) is 0 Å². The minimum absolute atomic E-state index is 1.29. The third-order valence-corrected chi connectivity index (χ3v) is 2.73. The van der Waals surface area contributed by atoms with Gasteiger partial charge in [0.2, 0.25) is 0 Å². The topological polar surface area (TPSA) is 0 Å². The molecule has 0 atom stereocenters. The van der Waals surface area contributed by atoms with Gasteiger partial charge in [0.15, 0.2) is 0 Å². The van der Waals surface area contributed by atoms with Gasteiger partial charge in [0.25, 0.3) is 0 Å². The minimum atomic E-state index is -1.92.